The average molecular weight is 491 g/mol. The molecule has 0 aromatic heterocycles. The van der Waals surface area contributed by atoms with Crippen LogP contribution in [0.4, 0.5) is 5.69 Å². The van der Waals surface area contributed by atoms with Crippen LogP contribution in [0.15, 0.2) is 83.8 Å². The zero-order valence-corrected chi connectivity index (χ0v) is 20.1. The Hall–Kier alpha value is -2.54. The maximum Gasteiger partial charge on any atom is 0.264 e. The summed E-state index contributed by atoms with van der Waals surface area (Å²) in [5.74, 6) is -0.427. The maximum atomic E-state index is 13.4. The van der Waals surface area contributed by atoms with Gasteiger partial charge in [0.25, 0.3) is 10.0 Å². The quantitative estimate of drug-likeness (QED) is 0.464. The van der Waals surface area contributed by atoms with E-state index in [1.54, 1.807) is 18.2 Å². The summed E-state index contributed by atoms with van der Waals surface area (Å²) < 4.78 is 27.9. The van der Waals surface area contributed by atoms with Gasteiger partial charge >= 0.3 is 0 Å². The van der Waals surface area contributed by atoms with Crippen molar-refractivity contribution in [3.05, 3.63) is 94.5 Å². The Morgan fingerprint density at radius 3 is 2.19 bits per heavy atom. The number of benzene rings is 3. The van der Waals surface area contributed by atoms with Crippen molar-refractivity contribution >= 4 is 44.8 Å². The molecule has 0 spiro atoms. The summed E-state index contributed by atoms with van der Waals surface area (Å²) in [6.07, 6.45) is 0.598. The first kappa shape index (κ1) is 24.1. The molecule has 0 bridgehead atoms. The van der Waals surface area contributed by atoms with Gasteiger partial charge in [-0.25, -0.2) is 8.42 Å². The second kappa shape index (κ2) is 9.94. The molecule has 0 atom stereocenters. The lowest BCUT2D eigenvalue weighted by molar-refractivity contribution is -0.121. The molecule has 0 radical (unpaired) electrons. The normalized spacial score (nSPS) is 11.8. The predicted octanol–water partition coefficient (Wildman–Crippen LogP) is 5.33. The van der Waals surface area contributed by atoms with E-state index in [1.807, 2.05) is 44.2 Å². The smallest absolute Gasteiger partial charge is 0.264 e. The summed E-state index contributed by atoms with van der Waals surface area (Å²) in [5, 5.41) is 3.73. The highest BCUT2D eigenvalue weighted by Gasteiger charge is 2.29. The van der Waals surface area contributed by atoms with Crippen molar-refractivity contribution in [2.45, 2.75) is 30.7 Å². The number of nitrogens with one attached hydrogen (secondary N) is 1. The number of hydrogen-bond acceptors (Lipinski definition) is 3. The van der Waals surface area contributed by atoms with E-state index < -0.39 is 28.0 Å². The fourth-order valence-electron chi connectivity index (χ4n) is 3.38. The highest BCUT2D eigenvalue weighted by atomic mass is 35.5. The zero-order chi connectivity index (χ0) is 23.4. The largest absolute Gasteiger partial charge is 0.349 e. The number of rotatable bonds is 8. The Morgan fingerprint density at radius 1 is 0.906 bits per heavy atom. The fourth-order valence-corrected chi connectivity index (χ4v) is 5.10. The molecule has 3 aromatic rings. The van der Waals surface area contributed by atoms with Gasteiger partial charge in [-0.3, -0.25) is 9.10 Å². The number of amides is 1. The van der Waals surface area contributed by atoms with E-state index in [9.17, 15) is 13.2 Å². The molecule has 1 amide bonds. The topological polar surface area (TPSA) is 66.5 Å². The molecule has 32 heavy (non-hydrogen) atoms. The lowest BCUT2D eigenvalue weighted by Crippen LogP contribution is -2.50. The molecule has 168 valence electrons. The summed E-state index contributed by atoms with van der Waals surface area (Å²) in [6, 6.07) is 22.0. The van der Waals surface area contributed by atoms with E-state index in [2.05, 4.69) is 5.32 Å². The Morgan fingerprint density at radius 2 is 1.56 bits per heavy atom. The molecule has 0 aliphatic carbocycles. The minimum absolute atomic E-state index is 0.0261. The van der Waals surface area contributed by atoms with Gasteiger partial charge in [-0.15, -0.1) is 0 Å². The molecule has 5 nitrogen and oxygen atoms in total. The van der Waals surface area contributed by atoms with Crippen LogP contribution in [0.2, 0.25) is 10.0 Å². The maximum absolute atomic E-state index is 13.4. The number of halogens is 2. The van der Waals surface area contributed by atoms with E-state index >= 15 is 0 Å². The molecule has 0 saturated heterocycles. The van der Waals surface area contributed by atoms with Crippen LogP contribution in [0, 0.1) is 0 Å². The first-order valence-electron chi connectivity index (χ1n) is 9.96. The number of sulfonamides is 1. The zero-order valence-electron chi connectivity index (χ0n) is 17.8. The van der Waals surface area contributed by atoms with Crippen molar-refractivity contribution in [2.75, 3.05) is 10.8 Å². The van der Waals surface area contributed by atoms with Crippen molar-refractivity contribution in [3.63, 3.8) is 0 Å². The van der Waals surface area contributed by atoms with Crippen LogP contribution < -0.4 is 9.62 Å². The fraction of sp³-hybridized carbons (Fsp3) is 0.208. The third-order valence-corrected chi connectivity index (χ3v) is 7.03. The number of carbonyl (C=O) groups excluding carboxylic acids is 1. The van der Waals surface area contributed by atoms with Gasteiger partial charge in [0, 0.05) is 15.6 Å². The van der Waals surface area contributed by atoms with Crippen molar-refractivity contribution in [1.82, 2.24) is 5.32 Å². The van der Waals surface area contributed by atoms with Crippen LogP contribution in [0.1, 0.15) is 19.4 Å². The van der Waals surface area contributed by atoms with E-state index in [4.69, 9.17) is 23.2 Å². The Balaban J connectivity index is 1.87. The first-order valence-corrected chi connectivity index (χ1v) is 12.2. The molecular formula is C24H24Cl2N2O3S. The Labute approximate surface area is 199 Å². The number of carbonyl (C=O) groups is 1. The van der Waals surface area contributed by atoms with Crippen molar-refractivity contribution in [1.29, 1.82) is 0 Å². The second-order valence-electron chi connectivity index (χ2n) is 8.04. The highest BCUT2D eigenvalue weighted by molar-refractivity contribution is 7.92. The van der Waals surface area contributed by atoms with Crippen LogP contribution in [0.3, 0.4) is 0 Å². The summed E-state index contributed by atoms with van der Waals surface area (Å²) in [4.78, 5) is 13.0. The summed E-state index contributed by atoms with van der Waals surface area (Å²) in [6.45, 7) is 3.40. The SMILES string of the molecule is CC(C)(Cc1ccccc1)NC(=O)CN(c1cccc(Cl)c1)S(=O)(=O)c1ccc(Cl)cc1. The lowest BCUT2D eigenvalue weighted by atomic mass is 9.95. The molecule has 1 N–H and O–H groups in total. The van der Waals surface area contributed by atoms with Crippen LogP contribution in [0.25, 0.3) is 0 Å². The van der Waals surface area contributed by atoms with Crippen molar-refractivity contribution in [3.8, 4) is 0 Å². The van der Waals surface area contributed by atoms with Crippen LogP contribution >= 0.6 is 23.2 Å². The van der Waals surface area contributed by atoms with Crippen LogP contribution in [-0.2, 0) is 21.2 Å². The number of anilines is 1. The third-order valence-electron chi connectivity index (χ3n) is 4.75. The number of hydrogen-bond donors (Lipinski definition) is 1. The first-order chi connectivity index (χ1) is 15.1. The van der Waals surface area contributed by atoms with Gasteiger partial charge < -0.3 is 5.32 Å². The van der Waals surface area contributed by atoms with Gasteiger partial charge in [-0.2, -0.15) is 0 Å². The van der Waals surface area contributed by atoms with Crippen LogP contribution in [-0.4, -0.2) is 26.4 Å². The van der Waals surface area contributed by atoms with Gasteiger partial charge in [0.05, 0.1) is 10.6 Å². The standard InChI is InChI=1S/C24H24Cl2N2O3S/c1-24(2,16-18-7-4-3-5-8-18)27-23(29)17-28(21-10-6-9-20(26)15-21)32(30,31)22-13-11-19(25)12-14-22/h3-15H,16-17H2,1-2H3,(H,27,29). The van der Waals surface area contributed by atoms with E-state index in [-0.39, 0.29) is 4.90 Å². The Kier molecular flexibility index (Phi) is 7.49. The predicted molar refractivity (Wildman–Crippen MR) is 130 cm³/mol. The molecule has 0 aliphatic rings. The van der Waals surface area contributed by atoms with Crippen LogP contribution in [0.5, 0.6) is 0 Å². The lowest BCUT2D eigenvalue weighted by Gasteiger charge is -2.29. The monoisotopic (exact) mass is 490 g/mol. The highest BCUT2D eigenvalue weighted by Crippen LogP contribution is 2.27. The molecule has 0 unspecified atom stereocenters. The molecule has 3 rings (SSSR count). The molecular weight excluding hydrogens is 467 g/mol. The van der Waals surface area contributed by atoms with E-state index in [0.717, 1.165) is 9.87 Å². The summed E-state index contributed by atoms with van der Waals surface area (Å²) in [5.41, 5.74) is 0.782. The van der Waals surface area contributed by atoms with E-state index in [0.29, 0.717) is 22.2 Å². The minimum Gasteiger partial charge on any atom is -0.349 e. The van der Waals surface area contributed by atoms with Gasteiger partial charge in [-0.05, 0) is 68.3 Å². The number of nitrogens with zero attached hydrogens (tertiary/aromatic N) is 1. The molecule has 0 aliphatic heterocycles. The van der Waals surface area contributed by atoms with Gasteiger partial charge in [0.2, 0.25) is 5.91 Å². The van der Waals surface area contributed by atoms with Gasteiger partial charge in [-0.1, -0.05) is 59.6 Å². The van der Waals surface area contributed by atoms with E-state index in [1.165, 1.54) is 30.3 Å². The second-order valence-corrected chi connectivity index (χ2v) is 10.8. The minimum atomic E-state index is -4.04. The molecule has 0 fully saturated rings. The molecule has 0 heterocycles. The van der Waals surface area contributed by atoms with Crippen molar-refractivity contribution in [2.24, 2.45) is 0 Å². The average Bonchev–Trinajstić information content (AvgIpc) is 2.72. The van der Waals surface area contributed by atoms with Gasteiger partial charge in [0.1, 0.15) is 6.54 Å². The summed E-state index contributed by atoms with van der Waals surface area (Å²) in [7, 11) is -4.04. The van der Waals surface area contributed by atoms with Gasteiger partial charge in [0.15, 0.2) is 0 Å². The third kappa shape index (κ3) is 6.25. The Bertz CT molecular complexity index is 1180. The molecule has 0 saturated carbocycles. The van der Waals surface area contributed by atoms with Crippen molar-refractivity contribution < 1.29 is 13.2 Å². The molecule has 3 aromatic carbocycles. The molecule has 8 heteroatoms. The summed E-state index contributed by atoms with van der Waals surface area (Å²) >= 11 is 12.0.